The van der Waals surface area contributed by atoms with Gasteiger partial charge in [0, 0.05) is 37.3 Å². The van der Waals surface area contributed by atoms with Crippen molar-refractivity contribution in [2.45, 2.75) is 18.7 Å². The molecule has 2 heterocycles. The van der Waals surface area contributed by atoms with Crippen LogP contribution in [0.1, 0.15) is 10.4 Å². The van der Waals surface area contributed by atoms with Gasteiger partial charge in [-0.05, 0) is 26.0 Å². The molecule has 0 aliphatic carbocycles. The van der Waals surface area contributed by atoms with Crippen LogP contribution in [0.2, 0.25) is 0 Å². The van der Waals surface area contributed by atoms with Crippen molar-refractivity contribution in [2.24, 2.45) is 0 Å². The second kappa shape index (κ2) is 5.98. The predicted octanol–water partition coefficient (Wildman–Crippen LogP) is 2.27. The molecule has 1 saturated heterocycles. The van der Waals surface area contributed by atoms with E-state index >= 15 is 0 Å². The molecule has 0 atom stereocenters. The van der Waals surface area contributed by atoms with Crippen LogP contribution in [0, 0.1) is 13.8 Å². The number of aryl methyl sites for hydroxylation is 2. The zero-order valence-electron chi connectivity index (χ0n) is 12.7. The van der Waals surface area contributed by atoms with Gasteiger partial charge in [0.15, 0.2) is 5.13 Å². The summed E-state index contributed by atoms with van der Waals surface area (Å²) in [6.45, 7) is 6.32. The van der Waals surface area contributed by atoms with Gasteiger partial charge in [0.1, 0.15) is 0 Å². The van der Waals surface area contributed by atoms with E-state index in [1.54, 1.807) is 27.8 Å². The summed E-state index contributed by atoms with van der Waals surface area (Å²) < 4.78 is 26.8. The molecule has 1 fully saturated rings. The molecule has 7 heteroatoms. The number of sulfonamides is 1. The van der Waals surface area contributed by atoms with Crippen LogP contribution in [-0.4, -0.2) is 43.9 Å². The summed E-state index contributed by atoms with van der Waals surface area (Å²) in [5.74, 6) is 0. The first-order chi connectivity index (χ1) is 10.5. The molecule has 0 bridgehead atoms. The minimum atomic E-state index is -3.39. The molecule has 3 rings (SSSR count). The van der Waals surface area contributed by atoms with E-state index in [9.17, 15) is 8.42 Å². The lowest BCUT2D eigenvalue weighted by atomic mass is 10.2. The molecule has 0 amide bonds. The Morgan fingerprint density at radius 2 is 1.68 bits per heavy atom. The van der Waals surface area contributed by atoms with E-state index in [0.29, 0.717) is 31.1 Å². The molecule has 1 aliphatic rings. The summed E-state index contributed by atoms with van der Waals surface area (Å²) in [6.07, 6.45) is 1.86. The molecular formula is C15H19N3O2S2. The third-order valence-electron chi connectivity index (χ3n) is 3.78. The van der Waals surface area contributed by atoms with Crippen molar-refractivity contribution < 1.29 is 8.42 Å². The Labute approximate surface area is 135 Å². The molecule has 22 heavy (non-hydrogen) atoms. The Morgan fingerprint density at radius 3 is 2.23 bits per heavy atom. The third-order valence-corrected chi connectivity index (χ3v) is 6.66. The molecule has 118 valence electrons. The zero-order valence-corrected chi connectivity index (χ0v) is 14.3. The number of benzene rings is 1. The number of nitrogens with zero attached hydrogens (tertiary/aromatic N) is 3. The number of hydrogen-bond acceptors (Lipinski definition) is 5. The van der Waals surface area contributed by atoms with Crippen LogP contribution in [0.3, 0.4) is 0 Å². The summed E-state index contributed by atoms with van der Waals surface area (Å²) in [4.78, 5) is 8.07. The van der Waals surface area contributed by atoms with Gasteiger partial charge in [0.05, 0.1) is 4.90 Å². The first-order valence-corrected chi connectivity index (χ1v) is 9.47. The smallest absolute Gasteiger partial charge is 0.243 e. The molecule has 2 aromatic rings. The molecule has 0 unspecified atom stereocenters. The average Bonchev–Trinajstić information content (AvgIpc) is 2.94. The standard InChI is InChI=1S/C15H19N3O2S2/c1-12-3-5-14(6-4-12)22(19,20)18-9-7-17(8-10-18)15-16-11-13(2)21-15/h3-6,11H,7-10H2,1-2H3. The van der Waals surface area contributed by atoms with Crippen LogP contribution in [0.5, 0.6) is 0 Å². The van der Waals surface area contributed by atoms with Crippen LogP contribution in [0.25, 0.3) is 0 Å². The van der Waals surface area contributed by atoms with Gasteiger partial charge in [0.2, 0.25) is 10.0 Å². The number of thiazole rings is 1. The predicted molar refractivity (Wildman–Crippen MR) is 89.0 cm³/mol. The van der Waals surface area contributed by atoms with E-state index in [0.717, 1.165) is 10.7 Å². The van der Waals surface area contributed by atoms with Crippen molar-refractivity contribution in [2.75, 3.05) is 31.1 Å². The Balaban J connectivity index is 1.71. The molecule has 0 spiro atoms. The minimum absolute atomic E-state index is 0.372. The second-order valence-corrected chi connectivity index (χ2v) is 8.61. The van der Waals surface area contributed by atoms with Crippen LogP contribution < -0.4 is 4.90 Å². The molecular weight excluding hydrogens is 318 g/mol. The molecule has 5 nitrogen and oxygen atoms in total. The Kier molecular flexibility index (Phi) is 4.20. The van der Waals surface area contributed by atoms with Crippen LogP contribution in [-0.2, 0) is 10.0 Å². The molecule has 0 radical (unpaired) electrons. The highest BCUT2D eigenvalue weighted by molar-refractivity contribution is 7.89. The zero-order chi connectivity index (χ0) is 15.7. The summed E-state index contributed by atoms with van der Waals surface area (Å²) in [7, 11) is -3.39. The Bertz CT molecular complexity index is 745. The van der Waals surface area contributed by atoms with E-state index in [4.69, 9.17) is 0 Å². The maximum absolute atomic E-state index is 12.6. The largest absolute Gasteiger partial charge is 0.345 e. The number of aromatic nitrogens is 1. The van der Waals surface area contributed by atoms with E-state index < -0.39 is 10.0 Å². The van der Waals surface area contributed by atoms with Crippen molar-refractivity contribution in [1.29, 1.82) is 0 Å². The fourth-order valence-electron chi connectivity index (χ4n) is 2.47. The highest BCUT2D eigenvalue weighted by atomic mass is 32.2. The molecule has 1 aromatic heterocycles. The van der Waals surface area contributed by atoms with Gasteiger partial charge in [-0.15, -0.1) is 11.3 Å². The maximum Gasteiger partial charge on any atom is 0.243 e. The molecule has 0 saturated carbocycles. The highest BCUT2D eigenvalue weighted by Gasteiger charge is 2.29. The maximum atomic E-state index is 12.6. The first-order valence-electron chi connectivity index (χ1n) is 7.21. The first kappa shape index (κ1) is 15.5. The van der Waals surface area contributed by atoms with Crippen LogP contribution in [0.4, 0.5) is 5.13 Å². The van der Waals surface area contributed by atoms with Crippen molar-refractivity contribution >= 4 is 26.5 Å². The Hall–Kier alpha value is -1.44. The van der Waals surface area contributed by atoms with Crippen molar-refractivity contribution in [3.05, 3.63) is 40.9 Å². The summed E-state index contributed by atoms with van der Waals surface area (Å²) in [6, 6.07) is 7.03. The van der Waals surface area contributed by atoms with Crippen molar-refractivity contribution in [3.8, 4) is 0 Å². The summed E-state index contributed by atoms with van der Waals surface area (Å²) >= 11 is 1.65. The SMILES string of the molecule is Cc1ccc(S(=O)(=O)N2CCN(c3ncc(C)s3)CC2)cc1. The van der Waals surface area contributed by atoms with Crippen LogP contribution >= 0.6 is 11.3 Å². The number of hydrogen-bond donors (Lipinski definition) is 0. The van der Waals surface area contributed by atoms with Gasteiger partial charge >= 0.3 is 0 Å². The van der Waals surface area contributed by atoms with E-state index in [-0.39, 0.29) is 0 Å². The Morgan fingerprint density at radius 1 is 1.05 bits per heavy atom. The highest BCUT2D eigenvalue weighted by Crippen LogP contribution is 2.24. The minimum Gasteiger partial charge on any atom is -0.345 e. The van der Waals surface area contributed by atoms with Gasteiger partial charge in [-0.25, -0.2) is 13.4 Å². The normalized spacial score (nSPS) is 16.9. The number of rotatable bonds is 3. The van der Waals surface area contributed by atoms with Crippen molar-refractivity contribution in [1.82, 2.24) is 9.29 Å². The van der Waals surface area contributed by atoms with Gasteiger partial charge in [0.25, 0.3) is 0 Å². The number of piperazine rings is 1. The van der Waals surface area contributed by atoms with E-state index in [2.05, 4.69) is 9.88 Å². The lowest BCUT2D eigenvalue weighted by molar-refractivity contribution is 0.385. The average molecular weight is 337 g/mol. The van der Waals surface area contributed by atoms with Gasteiger partial charge in [-0.2, -0.15) is 4.31 Å². The third kappa shape index (κ3) is 3.02. The monoisotopic (exact) mass is 337 g/mol. The fraction of sp³-hybridized carbons (Fsp3) is 0.400. The number of anilines is 1. The summed E-state index contributed by atoms with van der Waals surface area (Å²) in [5, 5.41) is 0.977. The lowest BCUT2D eigenvalue weighted by Crippen LogP contribution is -2.48. The molecule has 1 aromatic carbocycles. The molecule has 0 N–H and O–H groups in total. The lowest BCUT2D eigenvalue weighted by Gasteiger charge is -2.33. The van der Waals surface area contributed by atoms with Gasteiger partial charge in [-0.1, -0.05) is 17.7 Å². The van der Waals surface area contributed by atoms with Gasteiger partial charge < -0.3 is 4.90 Å². The molecule has 1 aliphatic heterocycles. The van der Waals surface area contributed by atoms with Crippen LogP contribution in [0.15, 0.2) is 35.4 Å². The van der Waals surface area contributed by atoms with E-state index in [1.165, 1.54) is 4.88 Å². The van der Waals surface area contributed by atoms with Crippen molar-refractivity contribution in [3.63, 3.8) is 0 Å². The van der Waals surface area contributed by atoms with Gasteiger partial charge in [-0.3, -0.25) is 0 Å². The topological polar surface area (TPSA) is 53.5 Å². The van der Waals surface area contributed by atoms with E-state index in [1.807, 2.05) is 32.2 Å². The fourth-order valence-corrected chi connectivity index (χ4v) is 4.70. The summed E-state index contributed by atoms with van der Waals surface area (Å²) in [5.41, 5.74) is 1.06. The second-order valence-electron chi connectivity index (χ2n) is 5.46. The quantitative estimate of drug-likeness (QED) is 0.862.